The third kappa shape index (κ3) is 9.29. The van der Waals surface area contributed by atoms with E-state index in [1.54, 1.807) is 0 Å². The minimum absolute atomic E-state index is 0.257. The number of rotatable bonds is 13. The molecular weight excluding hydrogens is 785 g/mol. The van der Waals surface area contributed by atoms with Crippen molar-refractivity contribution in [1.82, 2.24) is 0 Å². The van der Waals surface area contributed by atoms with Crippen molar-refractivity contribution in [3.05, 3.63) is 214 Å². The Hall–Kier alpha value is -5.54. The normalized spacial score (nSPS) is 12.3. The molecule has 0 bridgehead atoms. The lowest BCUT2D eigenvalue weighted by Gasteiger charge is -2.27. The minimum atomic E-state index is 0.257. The van der Waals surface area contributed by atoms with Crippen LogP contribution in [0.15, 0.2) is 170 Å². The molecule has 0 saturated carbocycles. The molecule has 2 atom stereocenters. The van der Waals surface area contributed by atoms with E-state index in [0.29, 0.717) is 0 Å². The highest BCUT2D eigenvalue weighted by atomic mass is 33.1. The Morgan fingerprint density at radius 2 is 0.500 bits per heavy atom. The molecule has 2 heteroatoms. The van der Waals surface area contributed by atoms with Crippen LogP contribution in [0, 0.1) is 41.5 Å². The van der Waals surface area contributed by atoms with Crippen LogP contribution in [0.25, 0.3) is 66.8 Å². The van der Waals surface area contributed by atoms with Crippen molar-refractivity contribution in [3.8, 4) is 66.8 Å². The van der Waals surface area contributed by atoms with Gasteiger partial charge in [-0.1, -0.05) is 239 Å². The third-order valence-electron chi connectivity index (χ3n) is 12.3. The van der Waals surface area contributed by atoms with Gasteiger partial charge in [0.25, 0.3) is 0 Å². The summed E-state index contributed by atoms with van der Waals surface area (Å²) in [5, 5.41) is 0.515. The molecule has 310 valence electrons. The molecule has 0 N–H and O–H groups in total. The van der Waals surface area contributed by atoms with Crippen LogP contribution in [0.2, 0.25) is 0 Å². The quantitative estimate of drug-likeness (QED) is 0.106. The van der Waals surface area contributed by atoms with Crippen LogP contribution in [0.4, 0.5) is 0 Å². The minimum Gasteiger partial charge on any atom is -0.0853 e. The van der Waals surface area contributed by atoms with Gasteiger partial charge < -0.3 is 0 Å². The summed E-state index contributed by atoms with van der Waals surface area (Å²) in [5.41, 5.74) is 25.8. The average molecular weight is 843 g/mol. The van der Waals surface area contributed by atoms with E-state index in [2.05, 4.69) is 247 Å². The fourth-order valence-corrected chi connectivity index (χ4v) is 12.0. The van der Waals surface area contributed by atoms with Crippen molar-refractivity contribution in [2.75, 3.05) is 0 Å². The Morgan fingerprint density at radius 1 is 0.274 bits per heavy atom. The maximum Gasteiger partial charge on any atom is 0.0405 e. The standard InChI is InChI=1S/C60H58S2/c1-9-55(53-37-35-51(45-23-11-39(3)12-24-45)57(47-27-15-41(5)16-28-47)59(53)49-31-19-43(7)20-32-49)61-62-56(10-2)54-38-36-52(46-25-13-40(4)14-26-46)58(48-29-17-42(6)18-30-48)60(54)50-33-21-44(8)22-34-50/h11-38,55-56H,9-10H2,1-8H3/t55-,56-/m1/s1. The van der Waals surface area contributed by atoms with Crippen LogP contribution in [0.1, 0.15) is 81.7 Å². The van der Waals surface area contributed by atoms with E-state index in [1.807, 2.05) is 0 Å². The molecule has 0 aromatic heterocycles. The van der Waals surface area contributed by atoms with Crippen molar-refractivity contribution >= 4 is 21.6 Å². The van der Waals surface area contributed by atoms with Crippen LogP contribution in [0.3, 0.4) is 0 Å². The molecule has 0 aliphatic rings. The highest BCUT2D eigenvalue weighted by molar-refractivity contribution is 8.76. The van der Waals surface area contributed by atoms with Gasteiger partial charge in [-0.3, -0.25) is 0 Å². The van der Waals surface area contributed by atoms with Crippen molar-refractivity contribution in [3.63, 3.8) is 0 Å². The van der Waals surface area contributed by atoms with Crippen molar-refractivity contribution in [1.29, 1.82) is 0 Å². The smallest absolute Gasteiger partial charge is 0.0405 e. The van der Waals surface area contributed by atoms with Crippen molar-refractivity contribution < 1.29 is 0 Å². The zero-order valence-corrected chi connectivity index (χ0v) is 39.2. The average Bonchev–Trinajstić information content (AvgIpc) is 3.29. The van der Waals surface area contributed by atoms with Gasteiger partial charge in [-0.2, -0.15) is 0 Å². The fourth-order valence-electron chi connectivity index (χ4n) is 8.64. The van der Waals surface area contributed by atoms with Gasteiger partial charge in [0.2, 0.25) is 0 Å². The summed E-state index contributed by atoms with van der Waals surface area (Å²) in [4.78, 5) is 0. The monoisotopic (exact) mass is 842 g/mol. The second-order valence-corrected chi connectivity index (χ2v) is 19.8. The molecule has 8 aromatic carbocycles. The predicted octanol–water partition coefficient (Wildman–Crippen LogP) is 18.5. The first kappa shape index (κ1) is 43.1. The summed E-state index contributed by atoms with van der Waals surface area (Å²) < 4.78 is 0. The van der Waals surface area contributed by atoms with Gasteiger partial charge in [0.15, 0.2) is 0 Å². The van der Waals surface area contributed by atoms with E-state index >= 15 is 0 Å². The predicted molar refractivity (Wildman–Crippen MR) is 275 cm³/mol. The van der Waals surface area contributed by atoms with E-state index < -0.39 is 0 Å². The van der Waals surface area contributed by atoms with Crippen molar-refractivity contribution in [2.24, 2.45) is 0 Å². The first-order valence-electron chi connectivity index (χ1n) is 22.2. The van der Waals surface area contributed by atoms with E-state index in [0.717, 1.165) is 12.8 Å². The second-order valence-electron chi connectivity index (χ2n) is 17.1. The number of aryl methyl sites for hydroxylation is 6. The molecule has 0 aliphatic heterocycles. The molecule has 0 radical (unpaired) electrons. The molecule has 8 aromatic rings. The number of benzene rings is 8. The topological polar surface area (TPSA) is 0 Å². The Morgan fingerprint density at radius 3 is 0.742 bits per heavy atom. The molecule has 8 rings (SSSR count). The summed E-state index contributed by atoms with van der Waals surface area (Å²) in [7, 11) is 4.11. The van der Waals surface area contributed by atoms with Crippen LogP contribution in [-0.2, 0) is 0 Å². The molecule has 0 nitrogen and oxygen atoms in total. The molecular formula is C60H58S2. The Kier molecular flexibility index (Phi) is 13.4. The summed E-state index contributed by atoms with van der Waals surface area (Å²) in [5.74, 6) is 0. The van der Waals surface area contributed by atoms with Gasteiger partial charge in [0.1, 0.15) is 0 Å². The van der Waals surface area contributed by atoms with Crippen LogP contribution >= 0.6 is 21.6 Å². The molecule has 0 fully saturated rings. The number of hydrogen-bond acceptors (Lipinski definition) is 2. The Labute approximate surface area is 379 Å². The van der Waals surface area contributed by atoms with Crippen LogP contribution in [-0.4, -0.2) is 0 Å². The SMILES string of the molecule is CC[C@@H](SS[C@H](CC)c1ccc(-c2ccc(C)cc2)c(-c2ccc(C)cc2)c1-c1ccc(C)cc1)c1ccc(-c2ccc(C)cc2)c(-c2ccc(C)cc2)c1-c1ccc(C)cc1. The third-order valence-corrected chi connectivity index (χ3v) is 15.8. The van der Waals surface area contributed by atoms with E-state index in [4.69, 9.17) is 0 Å². The number of hydrogen-bond donors (Lipinski definition) is 0. The summed E-state index contributed by atoms with van der Waals surface area (Å²) in [6.45, 7) is 17.8. The Balaban J connectivity index is 1.28. The molecule has 0 unspecified atom stereocenters. The van der Waals surface area contributed by atoms with E-state index in [1.165, 1.54) is 111 Å². The van der Waals surface area contributed by atoms with Crippen LogP contribution in [0.5, 0.6) is 0 Å². The van der Waals surface area contributed by atoms with E-state index in [9.17, 15) is 0 Å². The van der Waals surface area contributed by atoms with Gasteiger partial charge in [0.05, 0.1) is 0 Å². The fraction of sp³-hybridized carbons (Fsp3) is 0.200. The zero-order valence-electron chi connectivity index (χ0n) is 37.6. The van der Waals surface area contributed by atoms with Crippen molar-refractivity contribution in [2.45, 2.75) is 78.7 Å². The second kappa shape index (κ2) is 19.2. The molecule has 0 amide bonds. The largest absolute Gasteiger partial charge is 0.0853 e. The Bertz CT molecular complexity index is 2560. The van der Waals surface area contributed by atoms with Gasteiger partial charge in [0, 0.05) is 10.5 Å². The van der Waals surface area contributed by atoms with Gasteiger partial charge >= 0.3 is 0 Å². The molecule has 62 heavy (non-hydrogen) atoms. The van der Waals surface area contributed by atoms with E-state index in [-0.39, 0.29) is 10.5 Å². The molecule has 0 spiro atoms. The van der Waals surface area contributed by atoms with Crippen LogP contribution < -0.4 is 0 Å². The molecule has 0 aliphatic carbocycles. The summed E-state index contributed by atoms with van der Waals surface area (Å²) in [6.07, 6.45) is 2.02. The highest BCUT2D eigenvalue weighted by Crippen LogP contribution is 2.55. The van der Waals surface area contributed by atoms with Gasteiger partial charge in [-0.25, -0.2) is 0 Å². The maximum absolute atomic E-state index is 2.44. The first-order valence-corrected chi connectivity index (χ1v) is 24.5. The highest BCUT2D eigenvalue weighted by Gasteiger charge is 2.27. The molecule has 0 heterocycles. The first-order chi connectivity index (χ1) is 30.1. The summed E-state index contributed by atoms with van der Waals surface area (Å²) in [6, 6.07) is 64.5. The lowest BCUT2D eigenvalue weighted by Crippen LogP contribution is -2.02. The van der Waals surface area contributed by atoms with Gasteiger partial charge in [-0.15, -0.1) is 0 Å². The lowest BCUT2D eigenvalue weighted by molar-refractivity contribution is 0.895. The zero-order chi connectivity index (χ0) is 43.3. The summed E-state index contributed by atoms with van der Waals surface area (Å²) >= 11 is 0. The maximum atomic E-state index is 2.44. The molecule has 0 saturated heterocycles. The lowest BCUT2D eigenvalue weighted by atomic mass is 9.83. The van der Waals surface area contributed by atoms with Gasteiger partial charge in [-0.05, 0) is 132 Å².